The van der Waals surface area contributed by atoms with Crippen LogP contribution >= 0.6 is 35.0 Å². The van der Waals surface area contributed by atoms with Crippen LogP contribution < -0.4 is 5.32 Å². The number of hydrogen-bond donors (Lipinski definition) is 1. The van der Waals surface area contributed by atoms with Gasteiger partial charge >= 0.3 is 0 Å². The Morgan fingerprint density at radius 2 is 1.63 bits per heavy atom. The van der Waals surface area contributed by atoms with Crippen LogP contribution in [0.1, 0.15) is 12.0 Å². The lowest BCUT2D eigenvalue weighted by Gasteiger charge is -2.11. The normalized spacial score (nSPS) is 10.6. The Kier molecular flexibility index (Phi) is 7.22. The molecule has 3 aromatic rings. The Labute approximate surface area is 173 Å². The predicted octanol–water partition coefficient (Wildman–Crippen LogP) is 6.92. The van der Waals surface area contributed by atoms with Crippen LogP contribution in [-0.2, 0) is 10.5 Å². The first-order valence-corrected chi connectivity index (χ1v) is 10.5. The molecule has 0 saturated heterocycles. The molecule has 3 aromatic carbocycles. The molecule has 0 fully saturated rings. The minimum atomic E-state index is 0.0139. The number of amides is 1. The van der Waals surface area contributed by atoms with Gasteiger partial charge in [-0.2, -0.15) is 11.8 Å². The maximum atomic E-state index is 12.3. The molecule has 0 saturated carbocycles. The van der Waals surface area contributed by atoms with Gasteiger partial charge in [-0.05, 0) is 29.3 Å². The number of carbonyl (C=O) groups is 1. The molecule has 0 heterocycles. The molecule has 1 amide bonds. The van der Waals surface area contributed by atoms with E-state index in [1.807, 2.05) is 66.7 Å². The zero-order chi connectivity index (χ0) is 19.1. The minimum Gasteiger partial charge on any atom is -0.325 e. The summed E-state index contributed by atoms with van der Waals surface area (Å²) in [5.41, 5.74) is 4.05. The maximum absolute atomic E-state index is 12.3. The van der Waals surface area contributed by atoms with Crippen molar-refractivity contribution in [3.8, 4) is 11.1 Å². The Morgan fingerprint density at radius 1 is 0.889 bits per heavy atom. The highest BCUT2D eigenvalue weighted by Gasteiger charge is 2.08. The number of rotatable bonds is 7. The number of hydrogen-bond acceptors (Lipinski definition) is 2. The predicted molar refractivity (Wildman–Crippen MR) is 118 cm³/mol. The van der Waals surface area contributed by atoms with Gasteiger partial charge in [-0.15, -0.1) is 0 Å². The minimum absolute atomic E-state index is 0.0139. The zero-order valence-corrected chi connectivity index (χ0v) is 17.0. The van der Waals surface area contributed by atoms with Gasteiger partial charge in [0.25, 0.3) is 0 Å². The summed E-state index contributed by atoms with van der Waals surface area (Å²) in [5, 5.41) is 4.15. The molecule has 0 aromatic heterocycles. The zero-order valence-electron chi connectivity index (χ0n) is 14.6. The highest BCUT2D eigenvalue weighted by atomic mass is 35.5. The van der Waals surface area contributed by atoms with Gasteiger partial charge in [0.2, 0.25) is 5.91 Å². The molecular formula is C22H19Cl2NOS. The van der Waals surface area contributed by atoms with E-state index in [1.165, 1.54) is 0 Å². The summed E-state index contributed by atoms with van der Waals surface area (Å²) in [6, 6.07) is 23.5. The van der Waals surface area contributed by atoms with Crippen molar-refractivity contribution in [2.24, 2.45) is 0 Å². The van der Waals surface area contributed by atoms with Gasteiger partial charge in [-0.3, -0.25) is 4.79 Å². The SMILES string of the molecule is O=C(CCSCc1ccc(Cl)c(Cl)c1)Nc1ccccc1-c1ccccc1. The van der Waals surface area contributed by atoms with E-state index in [2.05, 4.69) is 5.32 Å². The Balaban J connectivity index is 1.52. The van der Waals surface area contributed by atoms with E-state index in [0.29, 0.717) is 16.5 Å². The average Bonchev–Trinajstić information content (AvgIpc) is 2.69. The van der Waals surface area contributed by atoms with Crippen molar-refractivity contribution >= 4 is 46.6 Å². The first kappa shape index (κ1) is 19.8. The first-order chi connectivity index (χ1) is 13.1. The number of halogens is 2. The van der Waals surface area contributed by atoms with Crippen LogP contribution in [0.25, 0.3) is 11.1 Å². The van der Waals surface area contributed by atoms with Crippen molar-refractivity contribution < 1.29 is 4.79 Å². The maximum Gasteiger partial charge on any atom is 0.225 e. The highest BCUT2D eigenvalue weighted by Crippen LogP contribution is 2.28. The summed E-state index contributed by atoms with van der Waals surface area (Å²) in [6.07, 6.45) is 0.453. The van der Waals surface area contributed by atoms with Crippen molar-refractivity contribution in [1.82, 2.24) is 0 Å². The fourth-order valence-electron chi connectivity index (χ4n) is 2.66. The monoisotopic (exact) mass is 415 g/mol. The number of para-hydroxylation sites is 1. The quantitative estimate of drug-likeness (QED) is 0.424. The second-order valence-corrected chi connectivity index (χ2v) is 7.93. The van der Waals surface area contributed by atoms with Gasteiger partial charge in [0, 0.05) is 29.2 Å². The molecule has 1 N–H and O–H groups in total. The van der Waals surface area contributed by atoms with Crippen molar-refractivity contribution in [3.05, 3.63) is 88.4 Å². The number of anilines is 1. The Bertz CT molecular complexity index is 915. The number of benzene rings is 3. The van der Waals surface area contributed by atoms with Crippen molar-refractivity contribution in [2.45, 2.75) is 12.2 Å². The largest absolute Gasteiger partial charge is 0.325 e. The third-order valence-corrected chi connectivity index (χ3v) is 5.78. The molecule has 0 aliphatic rings. The molecule has 0 aliphatic carbocycles. The summed E-state index contributed by atoms with van der Waals surface area (Å²) in [5.74, 6) is 1.55. The highest BCUT2D eigenvalue weighted by molar-refractivity contribution is 7.98. The smallest absolute Gasteiger partial charge is 0.225 e. The van der Waals surface area contributed by atoms with E-state index in [4.69, 9.17) is 23.2 Å². The number of carbonyl (C=O) groups excluding carboxylic acids is 1. The van der Waals surface area contributed by atoms with Crippen molar-refractivity contribution in [3.63, 3.8) is 0 Å². The number of nitrogens with one attached hydrogen (secondary N) is 1. The lowest BCUT2D eigenvalue weighted by molar-refractivity contribution is -0.115. The summed E-state index contributed by atoms with van der Waals surface area (Å²) < 4.78 is 0. The Morgan fingerprint density at radius 3 is 2.41 bits per heavy atom. The van der Waals surface area contributed by atoms with Crippen LogP contribution in [-0.4, -0.2) is 11.7 Å². The van der Waals surface area contributed by atoms with E-state index in [1.54, 1.807) is 17.8 Å². The first-order valence-electron chi connectivity index (χ1n) is 8.59. The van der Waals surface area contributed by atoms with E-state index in [0.717, 1.165) is 33.9 Å². The van der Waals surface area contributed by atoms with Gasteiger partial charge in [0.1, 0.15) is 0 Å². The average molecular weight is 416 g/mol. The fourth-order valence-corrected chi connectivity index (χ4v) is 3.87. The molecule has 0 spiro atoms. The topological polar surface area (TPSA) is 29.1 Å². The Hall–Kier alpha value is -1.94. The van der Waals surface area contributed by atoms with Gasteiger partial charge in [-0.1, -0.05) is 77.8 Å². The molecular weight excluding hydrogens is 397 g/mol. The standard InChI is InChI=1S/C22H19Cl2NOS/c23-19-11-10-16(14-20(19)24)15-27-13-12-22(26)25-21-9-5-4-8-18(21)17-6-2-1-3-7-17/h1-11,14H,12-13,15H2,(H,25,26). The third kappa shape index (κ3) is 5.77. The van der Waals surface area contributed by atoms with Gasteiger partial charge in [-0.25, -0.2) is 0 Å². The van der Waals surface area contributed by atoms with Gasteiger partial charge in [0.05, 0.1) is 10.0 Å². The summed E-state index contributed by atoms with van der Waals surface area (Å²) in [7, 11) is 0. The van der Waals surface area contributed by atoms with Gasteiger partial charge < -0.3 is 5.32 Å². The molecule has 27 heavy (non-hydrogen) atoms. The molecule has 138 valence electrons. The van der Waals surface area contributed by atoms with E-state index >= 15 is 0 Å². The summed E-state index contributed by atoms with van der Waals surface area (Å²) in [4.78, 5) is 12.3. The van der Waals surface area contributed by atoms with Crippen molar-refractivity contribution in [1.29, 1.82) is 0 Å². The molecule has 0 bridgehead atoms. The second kappa shape index (κ2) is 9.84. The van der Waals surface area contributed by atoms with Crippen LogP contribution in [0.15, 0.2) is 72.8 Å². The van der Waals surface area contributed by atoms with E-state index in [9.17, 15) is 4.79 Å². The van der Waals surface area contributed by atoms with E-state index in [-0.39, 0.29) is 5.91 Å². The molecule has 0 aliphatic heterocycles. The van der Waals surface area contributed by atoms with E-state index < -0.39 is 0 Å². The van der Waals surface area contributed by atoms with Gasteiger partial charge in [0.15, 0.2) is 0 Å². The van der Waals surface area contributed by atoms with Crippen LogP contribution in [0, 0.1) is 0 Å². The summed E-state index contributed by atoms with van der Waals surface area (Å²) >= 11 is 13.7. The molecule has 5 heteroatoms. The molecule has 2 nitrogen and oxygen atoms in total. The van der Waals surface area contributed by atoms with Crippen molar-refractivity contribution in [2.75, 3.05) is 11.1 Å². The lowest BCUT2D eigenvalue weighted by Crippen LogP contribution is -2.13. The second-order valence-electron chi connectivity index (χ2n) is 6.01. The lowest BCUT2D eigenvalue weighted by atomic mass is 10.0. The molecule has 0 radical (unpaired) electrons. The van der Waals surface area contributed by atoms with Crippen LogP contribution in [0.5, 0.6) is 0 Å². The summed E-state index contributed by atoms with van der Waals surface area (Å²) in [6.45, 7) is 0. The number of thioether (sulfide) groups is 1. The fraction of sp³-hybridized carbons (Fsp3) is 0.136. The molecule has 0 unspecified atom stereocenters. The van der Waals surface area contributed by atoms with Crippen LogP contribution in [0.4, 0.5) is 5.69 Å². The van der Waals surface area contributed by atoms with Crippen LogP contribution in [0.3, 0.4) is 0 Å². The third-order valence-electron chi connectivity index (χ3n) is 4.01. The molecule has 0 atom stereocenters. The van der Waals surface area contributed by atoms with Crippen LogP contribution in [0.2, 0.25) is 10.0 Å². The molecule has 3 rings (SSSR count).